The minimum absolute atomic E-state index is 0.336. The van der Waals surface area contributed by atoms with Gasteiger partial charge >= 0.3 is 0 Å². The summed E-state index contributed by atoms with van der Waals surface area (Å²) in [6, 6.07) is 0.722. The average Bonchev–Trinajstić information content (AvgIpc) is 2.32. The quantitative estimate of drug-likeness (QED) is 0.809. The van der Waals surface area contributed by atoms with Crippen molar-refractivity contribution in [2.24, 2.45) is 5.92 Å². The molecule has 0 amide bonds. The molecule has 2 atom stereocenters. The van der Waals surface area contributed by atoms with Gasteiger partial charge in [0.2, 0.25) is 0 Å². The molecule has 106 valence electrons. The van der Waals surface area contributed by atoms with Gasteiger partial charge in [-0.15, -0.1) is 0 Å². The van der Waals surface area contributed by atoms with Gasteiger partial charge < -0.3 is 5.32 Å². The molecule has 0 saturated carbocycles. The lowest BCUT2D eigenvalue weighted by Gasteiger charge is -2.44. The van der Waals surface area contributed by atoms with Crippen LogP contribution in [0.5, 0.6) is 0 Å². The molecule has 18 heavy (non-hydrogen) atoms. The molecule has 2 saturated heterocycles. The van der Waals surface area contributed by atoms with Crippen LogP contribution in [0, 0.1) is 5.92 Å². The van der Waals surface area contributed by atoms with Crippen LogP contribution in [0.2, 0.25) is 0 Å². The molecule has 0 aromatic rings. The number of nitrogens with one attached hydrogen (secondary N) is 1. The second-order valence-electron chi connectivity index (χ2n) is 7.14. The first-order valence-corrected chi connectivity index (χ1v) is 7.67. The third kappa shape index (κ3) is 3.69. The van der Waals surface area contributed by atoms with E-state index >= 15 is 0 Å². The van der Waals surface area contributed by atoms with Gasteiger partial charge in [-0.2, -0.15) is 0 Å². The number of rotatable bonds is 2. The zero-order chi connectivity index (χ0) is 13.2. The summed E-state index contributed by atoms with van der Waals surface area (Å²) in [7, 11) is 0. The third-order valence-electron chi connectivity index (χ3n) is 4.71. The Kier molecular flexibility index (Phi) is 4.68. The normalized spacial score (nSPS) is 32.7. The van der Waals surface area contributed by atoms with Crippen LogP contribution in [0.3, 0.4) is 0 Å². The lowest BCUT2D eigenvalue weighted by Crippen LogP contribution is -2.56. The maximum Gasteiger partial charge on any atom is 0.0220 e. The van der Waals surface area contributed by atoms with Crippen LogP contribution < -0.4 is 5.32 Å². The highest BCUT2D eigenvalue weighted by Gasteiger charge is 2.28. The molecule has 2 rings (SSSR count). The van der Waals surface area contributed by atoms with Gasteiger partial charge in [0, 0.05) is 44.3 Å². The minimum atomic E-state index is 0.336. The number of piperidine rings is 1. The molecular formula is C15H31N3. The first kappa shape index (κ1) is 14.3. The van der Waals surface area contributed by atoms with Crippen LogP contribution in [0.4, 0.5) is 0 Å². The van der Waals surface area contributed by atoms with Crippen molar-refractivity contribution in [3.63, 3.8) is 0 Å². The summed E-state index contributed by atoms with van der Waals surface area (Å²) in [5, 5.41) is 3.70. The highest BCUT2D eigenvalue weighted by molar-refractivity contribution is 4.86. The largest absolute Gasteiger partial charge is 0.312 e. The average molecular weight is 253 g/mol. The topological polar surface area (TPSA) is 18.5 Å². The summed E-state index contributed by atoms with van der Waals surface area (Å²) >= 11 is 0. The zero-order valence-electron chi connectivity index (χ0n) is 12.7. The van der Waals surface area contributed by atoms with Gasteiger partial charge in [-0.25, -0.2) is 0 Å². The van der Waals surface area contributed by atoms with Gasteiger partial charge in [0.15, 0.2) is 0 Å². The van der Waals surface area contributed by atoms with Gasteiger partial charge in [0.1, 0.15) is 0 Å². The Morgan fingerprint density at radius 1 is 1.11 bits per heavy atom. The Morgan fingerprint density at radius 2 is 1.78 bits per heavy atom. The molecule has 3 nitrogen and oxygen atoms in total. The lowest BCUT2D eigenvalue weighted by atomic mass is 9.92. The van der Waals surface area contributed by atoms with Crippen LogP contribution in [-0.2, 0) is 0 Å². The number of hydrogen-bond acceptors (Lipinski definition) is 3. The summed E-state index contributed by atoms with van der Waals surface area (Å²) in [5.41, 5.74) is 0.336. The van der Waals surface area contributed by atoms with E-state index in [0.717, 1.165) is 12.0 Å². The molecule has 0 bridgehead atoms. The van der Waals surface area contributed by atoms with E-state index in [-0.39, 0.29) is 0 Å². The van der Waals surface area contributed by atoms with Crippen LogP contribution in [0.15, 0.2) is 0 Å². The van der Waals surface area contributed by atoms with Crippen molar-refractivity contribution in [1.29, 1.82) is 0 Å². The van der Waals surface area contributed by atoms with E-state index in [0.29, 0.717) is 5.54 Å². The van der Waals surface area contributed by atoms with Crippen molar-refractivity contribution < 1.29 is 0 Å². The summed E-state index contributed by atoms with van der Waals surface area (Å²) in [6.07, 6.45) is 2.76. The van der Waals surface area contributed by atoms with Crippen LogP contribution in [-0.4, -0.2) is 60.6 Å². The molecule has 3 heteroatoms. The Labute approximate surface area is 113 Å². The number of hydrogen-bond donors (Lipinski definition) is 1. The van der Waals surface area contributed by atoms with E-state index in [9.17, 15) is 0 Å². The molecule has 1 N–H and O–H groups in total. The molecule has 2 unspecified atom stereocenters. The molecule has 2 heterocycles. The van der Waals surface area contributed by atoms with Crippen LogP contribution in [0.25, 0.3) is 0 Å². The maximum atomic E-state index is 3.70. The Hall–Kier alpha value is -0.120. The number of nitrogens with zero attached hydrogens (tertiary/aromatic N) is 2. The van der Waals surface area contributed by atoms with Crippen molar-refractivity contribution >= 4 is 0 Å². The van der Waals surface area contributed by atoms with E-state index in [4.69, 9.17) is 0 Å². The fourth-order valence-corrected chi connectivity index (χ4v) is 3.24. The van der Waals surface area contributed by atoms with Gasteiger partial charge in [-0.1, -0.05) is 6.92 Å². The molecule has 0 aromatic carbocycles. The predicted molar refractivity (Wildman–Crippen MR) is 78.0 cm³/mol. The summed E-state index contributed by atoms with van der Waals surface area (Å²) in [4.78, 5) is 5.27. The van der Waals surface area contributed by atoms with E-state index in [1.54, 1.807) is 0 Å². The Morgan fingerprint density at radius 3 is 2.33 bits per heavy atom. The zero-order valence-corrected chi connectivity index (χ0v) is 12.7. The Balaban J connectivity index is 1.76. The molecule has 0 aliphatic carbocycles. The molecule has 0 spiro atoms. The fraction of sp³-hybridized carbons (Fsp3) is 1.00. The van der Waals surface area contributed by atoms with Gasteiger partial charge in [0.05, 0.1) is 0 Å². The molecule has 2 fully saturated rings. The summed E-state index contributed by atoms with van der Waals surface area (Å²) in [6.45, 7) is 16.8. The fourth-order valence-electron chi connectivity index (χ4n) is 3.24. The molecular weight excluding hydrogens is 222 g/mol. The van der Waals surface area contributed by atoms with E-state index < -0.39 is 0 Å². The van der Waals surface area contributed by atoms with E-state index in [1.165, 1.54) is 52.1 Å². The highest BCUT2D eigenvalue weighted by atomic mass is 15.3. The molecule has 0 aromatic heterocycles. The lowest BCUT2D eigenvalue weighted by molar-refractivity contribution is 0.0528. The molecule has 2 aliphatic heterocycles. The number of piperazine rings is 1. The van der Waals surface area contributed by atoms with Crippen molar-refractivity contribution in [3.8, 4) is 0 Å². The van der Waals surface area contributed by atoms with E-state index in [2.05, 4.69) is 42.8 Å². The van der Waals surface area contributed by atoms with Crippen LogP contribution in [0.1, 0.15) is 40.5 Å². The second kappa shape index (κ2) is 5.89. The van der Waals surface area contributed by atoms with Gasteiger partial charge in [-0.05, 0) is 46.1 Å². The standard InChI is InChI=1S/C15H31N3/c1-13-6-5-7-16-14(13)12-17-8-10-18(11-9-17)15(2,3)4/h13-14,16H,5-12H2,1-4H3. The SMILES string of the molecule is CC1CCCNC1CN1CCN(C(C)(C)C)CC1. The first-order valence-electron chi connectivity index (χ1n) is 7.67. The van der Waals surface area contributed by atoms with Crippen molar-refractivity contribution in [2.45, 2.75) is 52.1 Å². The highest BCUT2D eigenvalue weighted by Crippen LogP contribution is 2.19. The van der Waals surface area contributed by atoms with Gasteiger partial charge in [-0.3, -0.25) is 9.80 Å². The summed E-state index contributed by atoms with van der Waals surface area (Å²) < 4.78 is 0. The molecule has 0 radical (unpaired) electrons. The first-order chi connectivity index (χ1) is 8.47. The minimum Gasteiger partial charge on any atom is -0.312 e. The van der Waals surface area contributed by atoms with E-state index in [1.807, 2.05) is 0 Å². The monoisotopic (exact) mass is 253 g/mol. The smallest absolute Gasteiger partial charge is 0.0220 e. The van der Waals surface area contributed by atoms with Crippen molar-refractivity contribution in [1.82, 2.24) is 15.1 Å². The maximum absolute atomic E-state index is 3.70. The summed E-state index contributed by atoms with van der Waals surface area (Å²) in [5.74, 6) is 0.847. The second-order valence-corrected chi connectivity index (χ2v) is 7.14. The van der Waals surface area contributed by atoms with Crippen molar-refractivity contribution in [2.75, 3.05) is 39.3 Å². The van der Waals surface area contributed by atoms with Crippen LogP contribution >= 0.6 is 0 Å². The predicted octanol–water partition coefficient (Wildman–Crippen LogP) is 1.79. The Bertz CT molecular complexity index is 251. The molecule has 2 aliphatic rings. The third-order valence-corrected chi connectivity index (χ3v) is 4.71. The van der Waals surface area contributed by atoms with Gasteiger partial charge in [0.25, 0.3) is 0 Å². The van der Waals surface area contributed by atoms with Crippen molar-refractivity contribution in [3.05, 3.63) is 0 Å².